The van der Waals surface area contributed by atoms with Gasteiger partial charge in [0.25, 0.3) is 8.32 Å². The van der Waals surface area contributed by atoms with E-state index in [1.165, 1.54) is 6.07 Å². The Morgan fingerprint density at radius 2 is 1.73 bits per heavy atom. The van der Waals surface area contributed by atoms with Crippen LogP contribution in [0.15, 0.2) is 36.5 Å². The van der Waals surface area contributed by atoms with Crippen LogP contribution in [-0.4, -0.2) is 55.4 Å². The van der Waals surface area contributed by atoms with Gasteiger partial charge in [-0.3, -0.25) is 5.32 Å². The molecule has 1 fully saturated rings. The lowest BCUT2D eigenvalue weighted by atomic mass is 10.2. The molecule has 7 nitrogen and oxygen atoms in total. The van der Waals surface area contributed by atoms with Gasteiger partial charge in [0.15, 0.2) is 0 Å². The molecule has 0 radical (unpaired) electrons. The molecule has 180 valence electrons. The monoisotopic (exact) mass is 481 g/mol. The number of anilines is 2. The number of nitrogens with zero attached hydrogens (tertiary/aromatic N) is 4. The number of rotatable bonds is 4. The Morgan fingerprint density at radius 3 is 2.27 bits per heavy atom. The molecule has 0 aromatic carbocycles. The van der Waals surface area contributed by atoms with Gasteiger partial charge in [0.2, 0.25) is 0 Å². The fourth-order valence-corrected chi connectivity index (χ4v) is 4.06. The molecular weight excluding hydrogens is 451 g/mol. The Labute approximate surface area is 193 Å². The van der Waals surface area contributed by atoms with Gasteiger partial charge in [0.05, 0.1) is 6.20 Å². The van der Waals surface area contributed by atoms with Gasteiger partial charge in [-0.25, -0.2) is 14.8 Å². The van der Waals surface area contributed by atoms with E-state index in [0.29, 0.717) is 37.7 Å². The molecule has 1 aliphatic rings. The number of amides is 2. The maximum Gasteiger partial charge on any atom is 0.433 e. The number of pyridine rings is 2. The van der Waals surface area contributed by atoms with Gasteiger partial charge in [-0.05, 0) is 42.4 Å². The minimum atomic E-state index is -4.49. The molecule has 2 amide bonds. The first-order chi connectivity index (χ1) is 15.3. The average molecular weight is 482 g/mol. The first kappa shape index (κ1) is 24.8. The summed E-state index contributed by atoms with van der Waals surface area (Å²) in [5, 5.41) is 2.83. The molecule has 1 aliphatic heterocycles. The number of carbonyl (C=O) groups is 1. The lowest BCUT2D eigenvalue weighted by Gasteiger charge is -2.36. The van der Waals surface area contributed by atoms with Gasteiger partial charge in [-0.2, -0.15) is 13.2 Å². The van der Waals surface area contributed by atoms with Crippen LogP contribution in [0.1, 0.15) is 26.5 Å². The molecule has 2 aromatic rings. The van der Waals surface area contributed by atoms with E-state index in [1.54, 1.807) is 34.2 Å². The van der Waals surface area contributed by atoms with Crippen LogP contribution in [0.25, 0.3) is 0 Å². The van der Waals surface area contributed by atoms with Gasteiger partial charge in [0, 0.05) is 26.2 Å². The standard InChI is InChI=1S/C22H30F3N5O2Si/c1-21(2,3)33(4,5)32-16-9-10-18(26-15-16)28-20(31)30-13-11-29(12-14-30)19-8-6-7-17(27-19)22(23,24)25/h6-10,15H,11-14H2,1-5H3,(H,26,28,31). The molecule has 2 aromatic heterocycles. The molecule has 11 heteroatoms. The van der Waals surface area contributed by atoms with Crippen molar-refractivity contribution in [2.24, 2.45) is 0 Å². The molecule has 33 heavy (non-hydrogen) atoms. The maximum atomic E-state index is 12.9. The van der Waals surface area contributed by atoms with Crippen molar-refractivity contribution in [3.8, 4) is 5.75 Å². The van der Waals surface area contributed by atoms with Crippen LogP contribution in [-0.2, 0) is 6.18 Å². The molecule has 0 spiro atoms. The largest absolute Gasteiger partial charge is 0.542 e. The Morgan fingerprint density at radius 1 is 1.06 bits per heavy atom. The second-order valence-corrected chi connectivity index (χ2v) is 14.2. The quantitative estimate of drug-likeness (QED) is 0.606. The molecule has 0 atom stereocenters. The summed E-state index contributed by atoms with van der Waals surface area (Å²) < 4.78 is 44.9. The second-order valence-electron chi connectivity index (χ2n) is 9.52. The summed E-state index contributed by atoms with van der Waals surface area (Å²) in [4.78, 5) is 24.0. The zero-order valence-electron chi connectivity index (χ0n) is 19.5. The topological polar surface area (TPSA) is 70.6 Å². The van der Waals surface area contributed by atoms with E-state index >= 15 is 0 Å². The van der Waals surface area contributed by atoms with Crippen molar-refractivity contribution < 1.29 is 22.4 Å². The molecular formula is C22H30F3N5O2Si. The first-order valence-corrected chi connectivity index (χ1v) is 13.7. The number of hydrogen-bond donors (Lipinski definition) is 1. The van der Waals surface area contributed by atoms with Crippen molar-refractivity contribution in [2.45, 2.75) is 45.1 Å². The zero-order valence-corrected chi connectivity index (χ0v) is 20.5. The third-order valence-electron chi connectivity index (χ3n) is 6.07. The number of urea groups is 1. The normalized spacial score (nSPS) is 15.4. The fourth-order valence-electron chi connectivity index (χ4n) is 3.05. The average Bonchev–Trinajstić information content (AvgIpc) is 2.74. The number of nitrogens with one attached hydrogen (secondary N) is 1. The van der Waals surface area contributed by atoms with Gasteiger partial charge in [0.1, 0.15) is 23.1 Å². The molecule has 1 saturated heterocycles. The second kappa shape index (κ2) is 9.20. The number of alkyl halides is 3. The number of hydrogen-bond acceptors (Lipinski definition) is 5. The highest BCUT2D eigenvalue weighted by Gasteiger charge is 2.39. The predicted molar refractivity (Wildman–Crippen MR) is 124 cm³/mol. The van der Waals surface area contributed by atoms with Gasteiger partial charge in [-0.1, -0.05) is 26.8 Å². The molecule has 0 saturated carbocycles. The van der Waals surface area contributed by atoms with E-state index in [-0.39, 0.29) is 16.9 Å². The van der Waals surface area contributed by atoms with Crippen molar-refractivity contribution in [1.82, 2.24) is 14.9 Å². The molecule has 1 N–H and O–H groups in total. The molecule has 3 rings (SSSR count). The van der Waals surface area contributed by atoms with E-state index in [1.807, 2.05) is 0 Å². The highest BCUT2D eigenvalue weighted by molar-refractivity contribution is 6.74. The van der Waals surface area contributed by atoms with E-state index in [0.717, 1.165) is 6.07 Å². The smallest absolute Gasteiger partial charge is 0.433 e. The molecule has 0 aliphatic carbocycles. The maximum absolute atomic E-state index is 12.9. The van der Waals surface area contributed by atoms with Crippen LogP contribution in [0.3, 0.4) is 0 Å². The van der Waals surface area contributed by atoms with E-state index < -0.39 is 20.2 Å². The van der Waals surface area contributed by atoms with Crippen molar-refractivity contribution in [3.05, 3.63) is 42.2 Å². The fraction of sp³-hybridized carbons (Fsp3) is 0.500. The Bertz CT molecular complexity index is 969. The molecule has 0 bridgehead atoms. The molecule has 3 heterocycles. The van der Waals surface area contributed by atoms with Gasteiger partial charge in [-0.15, -0.1) is 0 Å². The van der Waals surface area contributed by atoms with Crippen LogP contribution in [0.5, 0.6) is 5.75 Å². The number of aromatic nitrogens is 2. The van der Waals surface area contributed by atoms with E-state index in [2.05, 4.69) is 49.1 Å². The summed E-state index contributed by atoms with van der Waals surface area (Å²) in [6.45, 7) is 12.3. The Hall–Kier alpha value is -2.82. The third kappa shape index (κ3) is 6.15. The summed E-state index contributed by atoms with van der Waals surface area (Å²) in [7, 11) is -1.98. The predicted octanol–water partition coefficient (Wildman–Crippen LogP) is 5.23. The highest BCUT2D eigenvalue weighted by atomic mass is 28.4. The Balaban J connectivity index is 1.54. The lowest BCUT2D eigenvalue weighted by Crippen LogP contribution is -2.50. The van der Waals surface area contributed by atoms with E-state index in [9.17, 15) is 18.0 Å². The summed E-state index contributed by atoms with van der Waals surface area (Å²) in [5.41, 5.74) is -0.924. The van der Waals surface area contributed by atoms with Crippen molar-refractivity contribution >= 4 is 26.0 Å². The van der Waals surface area contributed by atoms with Gasteiger partial charge >= 0.3 is 12.2 Å². The zero-order chi connectivity index (χ0) is 24.4. The number of carbonyl (C=O) groups excluding carboxylic acids is 1. The van der Waals surface area contributed by atoms with Crippen LogP contribution in [0.2, 0.25) is 18.1 Å². The molecule has 0 unspecified atom stereocenters. The minimum absolute atomic E-state index is 0.0611. The summed E-state index contributed by atoms with van der Waals surface area (Å²) >= 11 is 0. The first-order valence-electron chi connectivity index (χ1n) is 10.8. The van der Waals surface area contributed by atoms with Crippen LogP contribution in [0.4, 0.5) is 29.6 Å². The van der Waals surface area contributed by atoms with Crippen LogP contribution < -0.4 is 14.6 Å². The summed E-state index contributed by atoms with van der Waals surface area (Å²) in [6, 6.07) is 7.01. The summed E-state index contributed by atoms with van der Waals surface area (Å²) in [5.74, 6) is 1.33. The van der Waals surface area contributed by atoms with Crippen molar-refractivity contribution in [1.29, 1.82) is 0 Å². The number of piperazine rings is 1. The van der Waals surface area contributed by atoms with E-state index in [4.69, 9.17) is 4.43 Å². The highest BCUT2D eigenvalue weighted by Crippen LogP contribution is 2.37. The number of halogens is 3. The SMILES string of the molecule is CC(C)(C)[Si](C)(C)Oc1ccc(NC(=O)N2CCN(c3cccc(C(F)(F)F)n3)CC2)nc1. The third-order valence-corrected chi connectivity index (χ3v) is 10.4. The lowest BCUT2D eigenvalue weighted by molar-refractivity contribution is -0.141. The van der Waals surface area contributed by atoms with Crippen molar-refractivity contribution in [2.75, 3.05) is 36.4 Å². The van der Waals surface area contributed by atoms with Crippen LogP contribution in [0, 0.1) is 0 Å². The van der Waals surface area contributed by atoms with Crippen molar-refractivity contribution in [3.63, 3.8) is 0 Å². The van der Waals surface area contributed by atoms with Crippen LogP contribution >= 0.6 is 0 Å². The summed E-state index contributed by atoms with van der Waals surface area (Å²) in [6.07, 6.45) is -2.89. The minimum Gasteiger partial charge on any atom is -0.542 e. The Kier molecular flexibility index (Phi) is 6.92. The van der Waals surface area contributed by atoms with Gasteiger partial charge < -0.3 is 14.2 Å².